The summed E-state index contributed by atoms with van der Waals surface area (Å²) in [6.07, 6.45) is 4.61. The number of nitrogens with zero attached hydrogens (tertiary/aromatic N) is 1. The maximum absolute atomic E-state index is 5.33. The molecule has 1 aliphatic carbocycles. The van der Waals surface area contributed by atoms with E-state index in [-0.39, 0.29) is 0 Å². The first-order valence-corrected chi connectivity index (χ1v) is 5.20. The molecule has 2 N–H and O–H groups in total. The summed E-state index contributed by atoms with van der Waals surface area (Å²) in [5, 5.41) is 3.84. The molecule has 1 aromatic rings. The minimum Gasteiger partial charge on any atom is -0.323 e. The van der Waals surface area contributed by atoms with Crippen LogP contribution in [0.5, 0.6) is 0 Å². The normalized spacial score (nSPS) is 25.1. The van der Waals surface area contributed by atoms with Gasteiger partial charge in [0.05, 0.1) is 0 Å². The lowest BCUT2D eigenvalue weighted by atomic mass is 9.83. The molecule has 1 saturated carbocycles. The van der Waals surface area contributed by atoms with Crippen molar-refractivity contribution in [3.8, 4) is 0 Å². The smallest absolute Gasteiger partial charge is 0.0382 e. The Hall–Kier alpha value is -1.31. The molecule has 0 aliphatic heterocycles. The molecule has 2 nitrogen and oxygen atoms in total. The summed E-state index contributed by atoms with van der Waals surface area (Å²) < 4.78 is 0. The molecule has 0 spiro atoms. The first kappa shape index (κ1) is 9.25. The van der Waals surface area contributed by atoms with Gasteiger partial charge in [0.25, 0.3) is 0 Å². The molecular formula is C12H16N2. The van der Waals surface area contributed by atoms with Crippen LogP contribution in [-0.4, -0.2) is 5.71 Å². The highest BCUT2D eigenvalue weighted by Gasteiger charge is 2.19. The van der Waals surface area contributed by atoms with Gasteiger partial charge in [-0.05, 0) is 37.2 Å². The first-order chi connectivity index (χ1) is 6.90. The molecule has 0 bridgehead atoms. The van der Waals surface area contributed by atoms with Crippen molar-refractivity contribution in [2.75, 3.05) is 0 Å². The summed E-state index contributed by atoms with van der Waals surface area (Å²) >= 11 is 0. The van der Waals surface area contributed by atoms with Gasteiger partial charge >= 0.3 is 0 Å². The second-order valence-electron chi connectivity index (χ2n) is 3.90. The van der Waals surface area contributed by atoms with Gasteiger partial charge in [0, 0.05) is 5.71 Å². The molecular weight excluding hydrogens is 172 g/mol. The fourth-order valence-electron chi connectivity index (χ4n) is 2.17. The number of hydrogen-bond acceptors (Lipinski definition) is 2. The Morgan fingerprint density at radius 3 is 2.71 bits per heavy atom. The average Bonchev–Trinajstić information content (AvgIpc) is 2.30. The lowest BCUT2D eigenvalue weighted by Crippen LogP contribution is -2.15. The van der Waals surface area contributed by atoms with Crippen LogP contribution >= 0.6 is 0 Å². The summed E-state index contributed by atoms with van der Waals surface area (Å²) in [4.78, 5) is 0. The highest BCUT2D eigenvalue weighted by atomic mass is 15.1. The maximum atomic E-state index is 5.33. The molecule has 0 heterocycles. The van der Waals surface area contributed by atoms with Gasteiger partial charge in [-0.15, -0.1) is 0 Å². The Balaban J connectivity index is 2.12. The number of hydrogen-bond donors (Lipinski definition) is 1. The van der Waals surface area contributed by atoms with E-state index in [1.165, 1.54) is 24.1 Å². The molecule has 2 rings (SSSR count). The Morgan fingerprint density at radius 1 is 1.21 bits per heavy atom. The van der Waals surface area contributed by atoms with Gasteiger partial charge in [0.15, 0.2) is 0 Å². The van der Waals surface area contributed by atoms with Crippen LogP contribution in [0.4, 0.5) is 0 Å². The van der Waals surface area contributed by atoms with E-state index in [9.17, 15) is 0 Å². The summed E-state index contributed by atoms with van der Waals surface area (Å²) in [5.74, 6) is 5.96. The van der Waals surface area contributed by atoms with Gasteiger partial charge in [-0.25, -0.2) is 0 Å². The molecule has 1 unspecified atom stereocenters. The zero-order valence-corrected chi connectivity index (χ0v) is 8.32. The van der Waals surface area contributed by atoms with Crippen molar-refractivity contribution in [2.24, 2.45) is 10.9 Å². The van der Waals surface area contributed by atoms with E-state index in [0.717, 1.165) is 12.8 Å². The summed E-state index contributed by atoms with van der Waals surface area (Å²) in [6, 6.07) is 10.7. The third-order valence-electron chi connectivity index (χ3n) is 2.95. The second-order valence-corrected chi connectivity index (χ2v) is 3.90. The Morgan fingerprint density at radius 2 is 2.00 bits per heavy atom. The third kappa shape index (κ3) is 1.95. The Bertz CT molecular complexity index is 316. The molecule has 1 aromatic carbocycles. The highest BCUT2D eigenvalue weighted by molar-refractivity contribution is 5.85. The van der Waals surface area contributed by atoms with Crippen molar-refractivity contribution in [3.63, 3.8) is 0 Å². The number of benzene rings is 1. The molecule has 1 fully saturated rings. The maximum Gasteiger partial charge on any atom is 0.0382 e. The second kappa shape index (κ2) is 4.27. The molecule has 2 heteroatoms. The molecule has 1 atom stereocenters. The molecule has 0 saturated heterocycles. The van der Waals surface area contributed by atoms with Crippen LogP contribution in [0, 0.1) is 0 Å². The lowest BCUT2D eigenvalue weighted by molar-refractivity contribution is 0.576. The van der Waals surface area contributed by atoms with Crippen LogP contribution in [0.25, 0.3) is 0 Å². The standard InChI is InChI=1S/C12H16N2/c13-14-12-8-4-7-11(9-12)10-5-2-1-3-6-10/h1-3,5-6,11H,4,7-9,13H2. The predicted octanol–water partition coefficient (Wildman–Crippen LogP) is 2.66. The fraction of sp³-hybridized carbons (Fsp3) is 0.417. The van der Waals surface area contributed by atoms with Crippen LogP contribution in [0.15, 0.2) is 35.4 Å². The van der Waals surface area contributed by atoms with E-state index in [1.54, 1.807) is 0 Å². The van der Waals surface area contributed by atoms with Gasteiger partial charge < -0.3 is 5.84 Å². The SMILES string of the molecule is NN=C1CCCC(c2ccccc2)C1. The molecule has 0 aromatic heterocycles. The summed E-state index contributed by atoms with van der Waals surface area (Å²) in [6.45, 7) is 0. The van der Waals surface area contributed by atoms with E-state index in [0.29, 0.717) is 5.92 Å². The molecule has 1 aliphatic rings. The van der Waals surface area contributed by atoms with Crippen molar-refractivity contribution in [3.05, 3.63) is 35.9 Å². The van der Waals surface area contributed by atoms with Gasteiger partial charge in [-0.1, -0.05) is 30.3 Å². The Labute approximate surface area is 84.8 Å². The van der Waals surface area contributed by atoms with Gasteiger partial charge in [0.2, 0.25) is 0 Å². The topological polar surface area (TPSA) is 38.4 Å². The van der Waals surface area contributed by atoms with E-state index in [4.69, 9.17) is 5.84 Å². The van der Waals surface area contributed by atoms with Crippen molar-refractivity contribution in [2.45, 2.75) is 31.6 Å². The number of hydrazone groups is 1. The van der Waals surface area contributed by atoms with Crippen molar-refractivity contribution in [1.29, 1.82) is 0 Å². The van der Waals surface area contributed by atoms with Crippen LogP contribution in [0.2, 0.25) is 0 Å². The first-order valence-electron chi connectivity index (χ1n) is 5.20. The van der Waals surface area contributed by atoms with E-state index < -0.39 is 0 Å². The Kier molecular flexibility index (Phi) is 2.82. The van der Waals surface area contributed by atoms with Crippen LogP contribution < -0.4 is 5.84 Å². The largest absolute Gasteiger partial charge is 0.323 e. The van der Waals surface area contributed by atoms with E-state index >= 15 is 0 Å². The lowest BCUT2D eigenvalue weighted by Gasteiger charge is -2.22. The van der Waals surface area contributed by atoms with Crippen LogP contribution in [0.3, 0.4) is 0 Å². The molecule has 74 valence electrons. The number of rotatable bonds is 1. The zero-order chi connectivity index (χ0) is 9.80. The van der Waals surface area contributed by atoms with Gasteiger partial charge in [-0.3, -0.25) is 0 Å². The minimum absolute atomic E-state index is 0.632. The number of nitrogens with two attached hydrogens (primary N) is 1. The van der Waals surface area contributed by atoms with Crippen molar-refractivity contribution < 1.29 is 0 Å². The van der Waals surface area contributed by atoms with Crippen LogP contribution in [0.1, 0.15) is 37.2 Å². The summed E-state index contributed by atoms with van der Waals surface area (Å²) in [7, 11) is 0. The van der Waals surface area contributed by atoms with E-state index in [2.05, 4.69) is 35.4 Å². The third-order valence-corrected chi connectivity index (χ3v) is 2.95. The van der Waals surface area contributed by atoms with Crippen molar-refractivity contribution >= 4 is 5.71 Å². The zero-order valence-electron chi connectivity index (χ0n) is 8.32. The molecule has 14 heavy (non-hydrogen) atoms. The fourth-order valence-corrected chi connectivity index (χ4v) is 2.17. The van der Waals surface area contributed by atoms with Crippen LogP contribution in [-0.2, 0) is 0 Å². The summed E-state index contributed by atoms with van der Waals surface area (Å²) in [5.41, 5.74) is 2.60. The quantitative estimate of drug-likeness (QED) is 0.534. The van der Waals surface area contributed by atoms with Crippen molar-refractivity contribution in [1.82, 2.24) is 0 Å². The monoisotopic (exact) mass is 188 g/mol. The van der Waals surface area contributed by atoms with E-state index in [1.807, 2.05) is 0 Å². The van der Waals surface area contributed by atoms with Gasteiger partial charge in [0.1, 0.15) is 0 Å². The highest BCUT2D eigenvalue weighted by Crippen LogP contribution is 2.30. The minimum atomic E-state index is 0.632. The average molecular weight is 188 g/mol. The van der Waals surface area contributed by atoms with Gasteiger partial charge in [-0.2, -0.15) is 5.10 Å². The molecule has 0 amide bonds. The molecule has 0 radical (unpaired) electrons. The predicted molar refractivity (Wildman–Crippen MR) is 59.3 cm³/mol.